The molecule has 1 aliphatic heterocycles. The SMILES string of the molecule is Cc1cncc(N2CC(c3ccccc3)CC2C)n1. The molecule has 0 bridgehead atoms. The lowest BCUT2D eigenvalue weighted by molar-refractivity contribution is 0.695. The van der Waals surface area contributed by atoms with Crippen molar-refractivity contribution < 1.29 is 0 Å². The van der Waals surface area contributed by atoms with Crippen molar-refractivity contribution in [3.05, 3.63) is 54.0 Å². The van der Waals surface area contributed by atoms with Crippen LogP contribution in [-0.2, 0) is 0 Å². The molecular weight excluding hydrogens is 234 g/mol. The van der Waals surface area contributed by atoms with Crippen molar-refractivity contribution in [2.45, 2.75) is 32.2 Å². The Kier molecular flexibility index (Phi) is 3.20. The van der Waals surface area contributed by atoms with E-state index in [4.69, 9.17) is 0 Å². The Balaban J connectivity index is 1.82. The van der Waals surface area contributed by atoms with Crippen LogP contribution in [0.2, 0.25) is 0 Å². The molecule has 1 aromatic carbocycles. The van der Waals surface area contributed by atoms with Crippen LogP contribution in [0.25, 0.3) is 0 Å². The van der Waals surface area contributed by atoms with Crippen LogP contribution in [0.4, 0.5) is 5.82 Å². The molecule has 3 heteroatoms. The van der Waals surface area contributed by atoms with Crippen molar-refractivity contribution in [1.29, 1.82) is 0 Å². The number of aromatic nitrogens is 2. The van der Waals surface area contributed by atoms with E-state index >= 15 is 0 Å². The summed E-state index contributed by atoms with van der Waals surface area (Å²) in [5.41, 5.74) is 2.41. The third-order valence-corrected chi connectivity index (χ3v) is 3.88. The maximum absolute atomic E-state index is 4.60. The molecule has 2 unspecified atom stereocenters. The molecule has 0 saturated carbocycles. The minimum atomic E-state index is 0.515. The highest BCUT2D eigenvalue weighted by Crippen LogP contribution is 2.33. The van der Waals surface area contributed by atoms with Gasteiger partial charge in [0.25, 0.3) is 0 Å². The molecule has 98 valence electrons. The Labute approximate surface area is 114 Å². The van der Waals surface area contributed by atoms with Crippen molar-refractivity contribution in [2.75, 3.05) is 11.4 Å². The van der Waals surface area contributed by atoms with Crippen molar-refractivity contribution in [1.82, 2.24) is 9.97 Å². The van der Waals surface area contributed by atoms with E-state index in [1.807, 2.05) is 13.1 Å². The fraction of sp³-hybridized carbons (Fsp3) is 0.375. The maximum Gasteiger partial charge on any atom is 0.147 e. The minimum absolute atomic E-state index is 0.515. The number of aryl methyl sites for hydroxylation is 1. The van der Waals surface area contributed by atoms with Crippen LogP contribution in [0.3, 0.4) is 0 Å². The number of rotatable bonds is 2. The minimum Gasteiger partial charge on any atom is -0.352 e. The summed E-state index contributed by atoms with van der Waals surface area (Å²) >= 11 is 0. The molecule has 1 saturated heterocycles. The molecule has 1 fully saturated rings. The molecule has 2 aromatic rings. The normalized spacial score (nSPS) is 22.7. The van der Waals surface area contributed by atoms with Crippen LogP contribution in [-0.4, -0.2) is 22.6 Å². The lowest BCUT2D eigenvalue weighted by Crippen LogP contribution is -2.27. The van der Waals surface area contributed by atoms with Gasteiger partial charge in [0.15, 0.2) is 0 Å². The van der Waals surface area contributed by atoms with Crippen LogP contribution in [0, 0.1) is 6.92 Å². The Morgan fingerprint density at radius 2 is 1.95 bits per heavy atom. The summed E-state index contributed by atoms with van der Waals surface area (Å²) < 4.78 is 0. The van der Waals surface area contributed by atoms with Gasteiger partial charge < -0.3 is 4.90 Å². The third-order valence-electron chi connectivity index (χ3n) is 3.88. The van der Waals surface area contributed by atoms with E-state index in [9.17, 15) is 0 Å². The largest absolute Gasteiger partial charge is 0.352 e. The molecule has 0 radical (unpaired) electrons. The summed E-state index contributed by atoms with van der Waals surface area (Å²) in [5, 5.41) is 0. The second-order valence-corrected chi connectivity index (χ2v) is 5.36. The van der Waals surface area contributed by atoms with Crippen LogP contribution in [0.1, 0.15) is 30.5 Å². The zero-order valence-corrected chi connectivity index (χ0v) is 11.5. The molecule has 3 nitrogen and oxygen atoms in total. The molecule has 0 aliphatic carbocycles. The number of hydrogen-bond donors (Lipinski definition) is 0. The second kappa shape index (κ2) is 5.00. The smallest absolute Gasteiger partial charge is 0.147 e. The van der Waals surface area contributed by atoms with Gasteiger partial charge in [0.05, 0.1) is 11.9 Å². The first kappa shape index (κ1) is 12.2. The van der Waals surface area contributed by atoms with Crippen molar-refractivity contribution in [3.8, 4) is 0 Å². The van der Waals surface area contributed by atoms with Crippen LogP contribution >= 0.6 is 0 Å². The molecule has 0 amide bonds. The van der Waals surface area contributed by atoms with E-state index in [0.29, 0.717) is 12.0 Å². The molecule has 1 aromatic heterocycles. The summed E-state index contributed by atoms with van der Waals surface area (Å²) in [6.45, 7) is 5.29. The standard InChI is InChI=1S/C16H19N3/c1-12-9-17-10-16(18-12)19-11-15(8-13(19)2)14-6-4-3-5-7-14/h3-7,9-10,13,15H,8,11H2,1-2H3. The lowest BCUT2D eigenvalue weighted by Gasteiger charge is -2.22. The molecule has 3 rings (SSSR count). The van der Waals surface area contributed by atoms with Crippen molar-refractivity contribution >= 4 is 5.82 Å². The summed E-state index contributed by atoms with van der Waals surface area (Å²) in [7, 11) is 0. The zero-order chi connectivity index (χ0) is 13.2. The fourth-order valence-corrected chi connectivity index (χ4v) is 2.91. The summed E-state index contributed by atoms with van der Waals surface area (Å²) in [4.78, 5) is 11.2. The van der Waals surface area contributed by atoms with E-state index in [1.54, 1.807) is 6.20 Å². The Hall–Kier alpha value is -1.90. The van der Waals surface area contributed by atoms with Gasteiger partial charge in [0.2, 0.25) is 0 Å². The second-order valence-electron chi connectivity index (χ2n) is 5.36. The van der Waals surface area contributed by atoms with E-state index in [2.05, 4.69) is 52.1 Å². The molecule has 2 heterocycles. The lowest BCUT2D eigenvalue weighted by atomic mass is 9.97. The monoisotopic (exact) mass is 253 g/mol. The van der Waals surface area contributed by atoms with Gasteiger partial charge in [-0.2, -0.15) is 0 Å². The maximum atomic E-state index is 4.60. The molecule has 0 spiro atoms. The number of nitrogens with zero attached hydrogens (tertiary/aromatic N) is 3. The van der Waals surface area contributed by atoms with Gasteiger partial charge in [-0.1, -0.05) is 30.3 Å². The Bertz CT molecular complexity index is 553. The summed E-state index contributed by atoms with van der Waals surface area (Å²) in [6.07, 6.45) is 4.86. The molecule has 0 N–H and O–H groups in total. The number of benzene rings is 1. The van der Waals surface area contributed by atoms with E-state index in [0.717, 1.165) is 18.1 Å². The quantitative estimate of drug-likeness (QED) is 0.823. The highest BCUT2D eigenvalue weighted by atomic mass is 15.2. The van der Waals surface area contributed by atoms with Crippen molar-refractivity contribution in [2.24, 2.45) is 0 Å². The van der Waals surface area contributed by atoms with Gasteiger partial charge in [-0.3, -0.25) is 4.98 Å². The highest BCUT2D eigenvalue weighted by Gasteiger charge is 2.30. The molecule has 2 atom stereocenters. The van der Waals surface area contributed by atoms with Gasteiger partial charge in [-0.05, 0) is 25.8 Å². The first-order chi connectivity index (χ1) is 9.24. The van der Waals surface area contributed by atoms with Gasteiger partial charge in [0, 0.05) is 24.7 Å². The Morgan fingerprint density at radius 1 is 1.16 bits per heavy atom. The predicted molar refractivity (Wildman–Crippen MR) is 77.4 cm³/mol. The zero-order valence-electron chi connectivity index (χ0n) is 11.5. The van der Waals surface area contributed by atoms with Crippen LogP contribution in [0.5, 0.6) is 0 Å². The van der Waals surface area contributed by atoms with E-state index in [1.165, 1.54) is 12.0 Å². The van der Waals surface area contributed by atoms with Crippen LogP contribution < -0.4 is 4.90 Å². The third kappa shape index (κ3) is 2.46. The molecular formula is C16H19N3. The fourth-order valence-electron chi connectivity index (χ4n) is 2.91. The topological polar surface area (TPSA) is 29.0 Å². The first-order valence-electron chi connectivity index (χ1n) is 6.84. The molecule has 19 heavy (non-hydrogen) atoms. The highest BCUT2D eigenvalue weighted by molar-refractivity contribution is 5.41. The van der Waals surface area contributed by atoms with Crippen LogP contribution in [0.15, 0.2) is 42.7 Å². The molecule has 1 aliphatic rings. The average molecular weight is 253 g/mol. The number of anilines is 1. The van der Waals surface area contributed by atoms with Gasteiger partial charge in [-0.15, -0.1) is 0 Å². The predicted octanol–water partition coefficient (Wildman–Crippen LogP) is 3.17. The van der Waals surface area contributed by atoms with E-state index in [-0.39, 0.29) is 0 Å². The number of hydrogen-bond acceptors (Lipinski definition) is 3. The van der Waals surface area contributed by atoms with Gasteiger partial charge in [0.1, 0.15) is 5.82 Å². The van der Waals surface area contributed by atoms with E-state index < -0.39 is 0 Å². The van der Waals surface area contributed by atoms with Gasteiger partial charge in [-0.25, -0.2) is 4.98 Å². The average Bonchev–Trinajstić information content (AvgIpc) is 2.82. The van der Waals surface area contributed by atoms with Gasteiger partial charge >= 0.3 is 0 Å². The summed E-state index contributed by atoms with van der Waals surface area (Å²) in [6, 6.07) is 11.3. The first-order valence-corrected chi connectivity index (χ1v) is 6.84. The summed E-state index contributed by atoms with van der Waals surface area (Å²) in [5.74, 6) is 1.60. The van der Waals surface area contributed by atoms with Crippen molar-refractivity contribution in [3.63, 3.8) is 0 Å². The Morgan fingerprint density at radius 3 is 2.68 bits per heavy atom.